The Bertz CT molecular complexity index is 289. The number of rotatable bonds is 4. The number of nitrogens with zero attached hydrogens (tertiary/aromatic N) is 2. The number of likely N-dealkylation sites (N-methyl/N-ethyl adjacent to an activating group) is 1. The molecule has 2 aliphatic carbocycles. The predicted molar refractivity (Wildman–Crippen MR) is 75.5 cm³/mol. The van der Waals surface area contributed by atoms with Crippen molar-refractivity contribution in [1.82, 2.24) is 9.80 Å². The highest BCUT2D eigenvalue weighted by atomic mass is 15.3. The lowest BCUT2D eigenvalue weighted by Crippen LogP contribution is -2.45. The molecule has 0 amide bonds. The van der Waals surface area contributed by atoms with E-state index in [0.717, 1.165) is 36.6 Å². The van der Waals surface area contributed by atoms with Crippen LogP contribution in [0.25, 0.3) is 0 Å². The molecular formula is C15H29N3. The number of hydrogen-bond donors (Lipinski definition) is 1. The first kappa shape index (κ1) is 12.9. The van der Waals surface area contributed by atoms with Crippen molar-refractivity contribution in [2.75, 3.05) is 20.1 Å². The summed E-state index contributed by atoms with van der Waals surface area (Å²) in [5, 5.41) is 0. The summed E-state index contributed by atoms with van der Waals surface area (Å²) in [5.41, 5.74) is 5.94. The topological polar surface area (TPSA) is 32.5 Å². The molecule has 3 fully saturated rings. The quantitative estimate of drug-likeness (QED) is 0.825. The Balaban J connectivity index is 1.60. The molecule has 104 valence electrons. The molecule has 2 N–H and O–H groups in total. The van der Waals surface area contributed by atoms with Crippen LogP contribution in [0, 0.1) is 5.92 Å². The monoisotopic (exact) mass is 251 g/mol. The SMILES string of the molecule is CC1CC(N(C)C2CCCC2CN)CN1C1CC1. The van der Waals surface area contributed by atoms with Crippen molar-refractivity contribution in [3.05, 3.63) is 0 Å². The molecule has 1 aliphatic heterocycles. The summed E-state index contributed by atoms with van der Waals surface area (Å²) in [5.74, 6) is 0.750. The van der Waals surface area contributed by atoms with Gasteiger partial charge in [0, 0.05) is 30.7 Å². The lowest BCUT2D eigenvalue weighted by atomic mass is 10.0. The zero-order valence-electron chi connectivity index (χ0n) is 12.0. The summed E-state index contributed by atoms with van der Waals surface area (Å²) >= 11 is 0. The van der Waals surface area contributed by atoms with Gasteiger partial charge in [-0.3, -0.25) is 9.80 Å². The third-order valence-electron chi connectivity index (χ3n) is 5.64. The van der Waals surface area contributed by atoms with E-state index in [2.05, 4.69) is 23.8 Å². The van der Waals surface area contributed by atoms with E-state index in [1.807, 2.05) is 0 Å². The van der Waals surface area contributed by atoms with Crippen LogP contribution >= 0.6 is 0 Å². The van der Waals surface area contributed by atoms with Gasteiger partial charge in [0.2, 0.25) is 0 Å². The van der Waals surface area contributed by atoms with Gasteiger partial charge in [-0.2, -0.15) is 0 Å². The minimum atomic E-state index is 0.750. The number of likely N-dealkylation sites (tertiary alicyclic amines) is 1. The molecule has 3 heteroatoms. The summed E-state index contributed by atoms with van der Waals surface area (Å²) in [6, 6.07) is 3.25. The smallest absolute Gasteiger partial charge is 0.0238 e. The van der Waals surface area contributed by atoms with Crippen LogP contribution in [0.15, 0.2) is 0 Å². The predicted octanol–water partition coefficient (Wildman–Crippen LogP) is 1.67. The van der Waals surface area contributed by atoms with Crippen LogP contribution in [0.5, 0.6) is 0 Å². The first-order chi connectivity index (χ1) is 8.70. The van der Waals surface area contributed by atoms with E-state index in [1.165, 1.54) is 45.1 Å². The van der Waals surface area contributed by atoms with Crippen LogP contribution in [0.4, 0.5) is 0 Å². The van der Waals surface area contributed by atoms with Gasteiger partial charge >= 0.3 is 0 Å². The van der Waals surface area contributed by atoms with Crippen molar-refractivity contribution in [1.29, 1.82) is 0 Å². The molecule has 1 saturated heterocycles. The van der Waals surface area contributed by atoms with Gasteiger partial charge in [0.1, 0.15) is 0 Å². The lowest BCUT2D eigenvalue weighted by Gasteiger charge is -2.34. The highest BCUT2D eigenvalue weighted by Crippen LogP contribution is 2.37. The van der Waals surface area contributed by atoms with Gasteiger partial charge in [-0.15, -0.1) is 0 Å². The van der Waals surface area contributed by atoms with Crippen LogP contribution in [-0.2, 0) is 0 Å². The third kappa shape index (κ3) is 2.33. The second kappa shape index (κ2) is 5.10. The van der Waals surface area contributed by atoms with Crippen molar-refractivity contribution in [2.45, 2.75) is 69.6 Å². The van der Waals surface area contributed by atoms with Crippen molar-refractivity contribution in [2.24, 2.45) is 11.7 Å². The van der Waals surface area contributed by atoms with E-state index in [-0.39, 0.29) is 0 Å². The van der Waals surface area contributed by atoms with Crippen LogP contribution in [0.1, 0.15) is 45.4 Å². The largest absolute Gasteiger partial charge is 0.330 e. The molecule has 0 aromatic rings. The average molecular weight is 251 g/mol. The Hall–Kier alpha value is -0.120. The van der Waals surface area contributed by atoms with Gasteiger partial charge in [0.25, 0.3) is 0 Å². The van der Waals surface area contributed by atoms with Crippen molar-refractivity contribution in [3.63, 3.8) is 0 Å². The molecule has 0 bridgehead atoms. The van der Waals surface area contributed by atoms with Gasteiger partial charge in [-0.05, 0) is 58.5 Å². The van der Waals surface area contributed by atoms with E-state index in [0.29, 0.717) is 0 Å². The fraction of sp³-hybridized carbons (Fsp3) is 1.00. The van der Waals surface area contributed by atoms with Gasteiger partial charge in [0.15, 0.2) is 0 Å². The van der Waals surface area contributed by atoms with Crippen molar-refractivity contribution >= 4 is 0 Å². The molecule has 0 radical (unpaired) electrons. The highest BCUT2D eigenvalue weighted by Gasteiger charge is 2.42. The first-order valence-electron chi connectivity index (χ1n) is 7.88. The first-order valence-corrected chi connectivity index (χ1v) is 7.88. The standard InChI is InChI=1S/C15H29N3/c1-11-8-14(10-18(11)13-6-7-13)17(2)15-5-3-4-12(15)9-16/h11-15H,3-10,16H2,1-2H3. The molecular weight excluding hydrogens is 222 g/mol. The number of hydrogen-bond acceptors (Lipinski definition) is 3. The summed E-state index contributed by atoms with van der Waals surface area (Å²) in [7, 11) is 2.35. The normalized spacial score (nSPS) is 42.0. The Morgan fingerprint density at radius 1 is 1.22 bits per heavy atom. The Labute approximate surface area is 112 Å². The molecule has 1 heterocycles. The average Bonchev–Trinajstić information content (AvgIpc) is 2.97. The van der Waals surface area contributed by atoms with Gasteiger partial charge in [-0.1, -0.05) is 6.42 Å². The molecule has 18 heavy (non-hydrogen) atoms. The Morgan fingerprint density at radius 2 is 2.00 bits per heavy atom. The molecule has 2 saturated carbocycles. The molecule has 0 spiro atoms. The van der Waals surface area contributed by atoms with Gasteiger partial charge in [-0.25, -0.2) is 0 Å². The second-order valence-corrected chi connectivity index (χ2v) is 6.83. The van der Waals surface area contributed by atoms with Crippen LogP contribution in [-0.4, -0.2) is 54.1 Å². The Kier molecular flexibility index (Phi) is 3.65. The fourth-order valence-corrected chi connectivity index (χ4v) is 4.34. The second-order valence-electron chi connectivity index (χ2n) is 6.83. The maximum absolute atomic E-state index is 5.94. The summed E-state index contributed by atoms with van der Waals surface area (Å²) in [6.07, 6.45) is 8.34. The maximum atomic E-state index is 5.94. The van der Waals surface area contributed by atoms with Crippen molar-refractivity contribution in [3.8, 4) is 0 Å². The van der Waals surface area contributed by atoms with E-state index in [9.17, 15) is 0 Å². The Morgan fingerprint density at radius 3 is 2.67 bits per heavy atom. The minimum Gasteiger partial charge on any atom is -0.330 e. The fourth-order valence-electron chi connectivity index (χ4n) is 4.34. The molecule has 0 aromatic heterocycles. The van der Waals surface area contributed by atoms with Gasteiger partial charge in [0.05, 0.1) is 0 Å². The third-order valence-corrected chi connectivity index (χ3v) is 5.64. The molecule has 3 aliphatic rings. The molecule has 3 rings (SSSR count). The minimum absolute atomic E-state index is 0.750. The van der Waals surface area contributed by atoms with E-state index in [1.54, 1.807) is 0 Å². The summed E-state index contributed by atoms with van der Waals surface area (Å²) in [6.45, 7) is 4.60. The molecule has 3 nitrogen and oxygen atoms in total. The van der Waals surface area contributed by atoms with Crippen LogP contribution in [0.2, 0.25) is 0 Å². The van der Waals surface area contributed by atoms with Crippen LogP contribution in [0.3, 0.4) is 0 Å². The maximum Gasteiger partial charge on any atom is 0.0238 e. The molecule has 4 unspecified atom stereocenters. The van der Waals surface area contributed by atoms with Crippen molar-refractivity contribution < 1.29 is 0 Å². The summed E-state index contributed by atoms with van der Waals surface area (Å²) < 4.78 is 0. The zero-order valence-corrected chi connectivity index (χ0v) is 12.0. The summed E-state index contributed by atoms with van der Waals surface area (Å²) in [4.78, 5) is 5.44. The number of nitrogens with two attached hydrogens (primary N) is 1. The van der Waals surface area contributed by atoms with E-state index < -0.39 is 0 Å². The van der Waals surface area contributed by atoms with E-state index in [4.69, 9.17) is 5.73 Å². The molecule has 0 aromatic carbocycles. The lowest BCUT2D eigenvalue weighted by molar-refractivity contribution is 0.141. The zero-order chi connectivity index (χ0) is 12.7. The molecule has 4 atom stereocenters. The highest BCUT2D eigenvalue weighted by molar-refractivity contribution is 4.98. The van der Waals surface area contributed by atoms with Gasteiger partial charge < -0.3 is 5.73 Å². The van der Waals surface area contributed by atoms with Crippen LogP contribution < -0.4 is 5.73 Å². The van der Waals surface area contributed by atoms with E-state index >= 15 is 0 Å².